The van der Waals surface area contributed by atoms with E-state index in [1.807, 2.05) is 30.5 Å². The second kappa shape index (κ2) is 11.8. The number of nitrogens with one attached hydrogen (secondary N) is 1. The number of likely N-dealkylation sites (N-methyl/N-ethyl adjacent to an activating group) is 1. The molecule has 0 amide bonds. The van der Waals surface area contributed by atoms with E-state index in [0.717, 1.165) is 61.9 Å². The number of ether oxygens (including phenoxy) is 2. The van der Waals surface area contributed by atoms with Crippen molar-refractivity contribution in [3.8, 4) is 17.1 Å². The fourth-order valence-electron chi connectivity index (χ4n) is 4.68. The highest BCUT2D eigenvalue weighted by atomic mass is 16.5. The lowest BCUT2D eigenvalue weighted by Gasteiger charge is -2.36. The van der Waals surface area contributed by atoms with Crippen molar-refractivity contribution < 1.29 is 14.6 Å². The molecule has 1 saturated heterocycles. The average molecular weight is 483 g/mol. The van der Waals surface area contributed by atoms with E-state index in [1.54, 1.807) is 7.05 Å². The molecule has 0 radical (unpaired) electrons. The zero-order valence-electron chi connectivity index (χ0n) is 21.3. The summed E-state index contributed by atoms with van der Waals surface area (Å²) in [4.78, 5) is 19.2. The summed E-state index contributed by atoms with van der Waals surface area (Å²) >= 11 is 0. The third kappa shape index (κ3) is 6.09. The summed E-state index contributed by atoms with van der Waals surface area (Å²) in [6.45, 7) is 8.08. The van der Waals surface area contributed by atoms with Gasteiger partial charge in [0, 0.05) is 56.7 Å². The average Bonchev–Trinajstić information content (AvgIpc) is 2.88. The molecule has 1 unspecified atom stereocenters. The van der Waals surface area contributed by atoms with Gasteiger partial charge in [0.25, 0.3) is 0 Å². The minimum absolute atomic E-state index is 0.162. The molecule has 190 valence electrons. The first kappa shape index (κ1) is 25.3. The van der Waals surface area contributed by atoms with Gasteiger partial charge in [-0.3, -0.25) is 4.99 Å². The second-order valence-electron chi connectivity index (χ2n) is 9.31. The minimum atomic E-state index is -0.576. The Morgan fingerprint density at radius 2 is 2.09 bits per heavy atom. The number of nitrogens with zero attached hydrogens (tertiary/aromatic N) is 5. The van der Waals surface area contributed by atoms with Crippen molar-refractivity contribution in [1.82, 2.24) is 15.3 Å². The van der Waals surface area contributed by atoms with Gasteiger partial charge >= 0.3 is 0 Å². The molecule has 2 aliphatic rings. The van der Waals surface area contributed by atoms with Gasteiger partial charge in [-0.15, -0.1) is 0 Å². The maximum Gasteiger partial charge on any atom is 0.164 e. The van der Waals surface area contributed by atoms with Gasteiger partial charge in [-0.05, 0) is 45.9 Å². The van der Waals surface area contributed by atoms with E-state index in [9.17, 15) is 5.11 Å². The molecule has 1 aromatic heterocycles. The van der Waals surface area contributed by atoms with Crippen LogP contribution in [0, 0.1) is 6.92 Å². The van der Waals surface area contributed by atoms with Gasteiger partial charge in [-0.2, -0.15) is 0 Å². The van der Waals surface area contributed by atoms with Gasteiger partial charge in [0.15, 0.2) is 5.82 Å². The number of aromatic nitrogens is 2. The zero-order valence-corrected chi connectivity index (χ0v) is 21.3. The molecule has 2 aromatic rings. The molecule has 3 heterocycles. The highest BCUT2D eigenvalue weighted by molar-refractivity contribution is 5.74. The number of anilines is 2. The van der Waals surface area contributed by atoms with Crippen molar-refractivity contribution in [2.75, 3.05) is 63.4 Å². The first-order valence-corrected chi connectivity index (χ1v) is 12.5. The summed E-state index contributed by atoms with van der Waals surface area (Å²) in [5.74, 6) is 3.23. The molecular weight excluding hydrogens is 444 g/mol. The van der Waals surface area contributed by atoms with Crippen molar-refractivity contribution in [3.63, 3.8) is 0 Å². The van der Waals surface area contributed by atoms with Crippen LogP contribution in [-0.2, 0) is 4.74 Å². The van der Waals surface area contributed by atoms with Gasteiger partial charge < -0.3 is 29.7 Å². The zero-order chi connectivity index (χ0) is 24.8. The van der Waals surface area contributed by atoms with E-state index >= 15 is 0 Å². The third-order valence-corrected chi connectivity index (χ3v) is 6.70. The van der Waals surface area contributed by atoms with Gasteiger partial charge in [0.05, 0.1) is 12.6 Å². The van der Waals surface area contributed by atoms with Crippen molar-refractivity contribution in [2.45, 2.75) is 44.9 Å². The summed E-state index contributed by atoms with van der Waals surface area (Å²) in [5, 5.41) is 13.0. The summed E-state index contributed by atoms with van der Waals surface area (Å²) in [7, 11) is 3.93. The predicted octanol–water partition coefficient (Wildman–Crippen LogP) is 2.31. The molecule has 9 heteroatoms. The largest absolute Gasteiger partial charge is 0.491 e. The SMILES string of the molecule is CNCC(O)COc1cccc(-c2nc(N(C)C3CCOCC3)c(C)c(N3CCN=C[C@@H]3C)n2)c1. The predicted molar refractivity (Wildman–Crippen MR) is 140 cm³/mol. The molecule has 0 aliphatic carbocycles. The first-order chi connectivity index (χ1) is 17.0. The molecule has 2 atom stereocenters. The van der Waals surface area contributed by atoms with E-state index in [2.05, 4.69) is 41.0 Å². The van der Waals surface area contributed by atoms with Gasteiger partial charge in [-0.1, -0.05) is 12.1 Å². The Kier molecular flexibility index (Phi) is 8.54. The monoisotopic (exact) mass is 482 g/mol. The van der Waals surface area contributed by atoms with Gasteiger partial charge in [0.1, 0.15) is 30.1 Å². The summed E-state index contributed by atoms with van der Waals surface area (Å²) in [5.41, 5.74) is 1.96. The maximum atomic E-state index is 10.0. The van der Waals surface area contributed by atoms with Crippen LogP contribution in [0.2, 0.25) is 0 Å². The van der Waals surface area contributed by atoms with Gasteiger partial charge in [0.2, 0.25) is 0 Å². The Morgan fingerprint density at radius 3 is 2.83 bits per heavy atom. The number of aliphatic hydroxyl groups is 1. The quantitative estimate of drug-likeness (QED) is 0.562. The standard InChI is InChI=1S/C26H38N6O3/c1-18-15-28-10-11-32(18)26-19(2)25(31(4)21-8-12-34-13-9-21)29-24(30-26)20-6-5-7-23(14-20)35-17-22(33)16-27-3/h5-7,14-15,18,21-22,27,33H,8-13,16-17H2,1-4H3/t18-,22?/m0/s1. The van der Waals surface area contributed by atoms with E-state index in [0.29, 0.717) is 24.2 Å². The Hall–Kier alpha value is -2.75. The van der Waals surface area contributed by atoms with Crippen LogP contribution < -0.4 is 19.9 Å². The minimum Gasteiger partial charge on any atom is -0.491 e. The van der Waals surface area contributed by atoms with Crippen molar-refractivity contribution in [3.05, 3.63) is 29.8 Å². The Morgan fingerprint density at radius 1 is 1.29 bits per heavy atom. The molecule has 0 saturated carbocycles. The van der Waals surface area contributed by atoms with Crippen LogP contribution >= 0.6 is 0 Å². The number of hydrogen-bond donors (Lipinski definition) is 2. The first-order valence-electron chi connectivity index (χ1n) is 12.5. The van der Waals surface area contributed by atoms with Crippen LogP contribution in [0.3, 0.4) is 0 Å². The van der Waals surface area contributed by atoms with Crippen molar-refractivity contribution in [2.24, 2.45) is 4.99 Å². The maximum absolute atomic E-state index is 10.0. The number of aliphatic imine (C=N–C) groups is 1. The normalized spacial score (nSPS) is 19.6. The molecule has 35 heavy (non-hydrogen) atoms. The summed E-state index contributed by atoms with van der Waals surface area (Å²) in [6, 6.07) is 8.32. The van der Waals surface area contributed by atoms with E-state index < -0.39 is 6.10 Å². The molecule has 0 spiro atoms. The van der Waals surface area contributed by atoms with Crippen LogP contribution in [0.1, 0.15) is 25.3 Å². The number of rotatable bonds is 9. The smallest absolute Gasteiger partial charge is 0.164 e. The third-order valence-electron chi connectivity index (χ3n) is 6.70. The Bertz CT molecular complexity index is 1010. The number of aliphatic hydroxyl groups excluding tert-OH is 1. The topological polar surface area (TPSA) is 95.3 Å². The lowest BCUT2D eigenvalue weighted by atomic mass is 10.1. The Labute approximate surface area is 208 Å². The summed E-state index contributed by atoms with van der Waals surface area (Å²) < 4.78 is 11.4. The summed E-state index contributed by atoms with van der Waals surface area (Å²) in [6.07, 6.45) is 3.39. The molecule has 9 nitrogen and oxygen atoms in total. The number of benzene rings is 1. The van der Waals surface area contributed by atoms with Crippen LogP contribution in [0.15, 0.2) is 29.3 Å². The molecule has 2 aliphatic heterocycles. The lowest BCUT2D eigenvalue weighted by molar-refractivity contribution is 0.0853. The van der Waals surface area contributed by atoms with Crippen LogP contribution in [0.25, 0.3) is 11.4 Å². The lowest BCUT2D eigenvalue weighted by Crippen LogP contribution is -2.41. The van der Waals surface area contributed by atoms with Crippen LogP contribution in [0.4, 0.5) is 11.6 Å². The molecular formula is C26H38N6O3. The van der Waals surface area contributed by atoms with Crippen molar-refractivity contribution in [1.29, 1.82) is 0 Å². The molecule has 1 fully saturated rings. The van der Waals surface area contributed by atoms with Gasteiger partial charge in [-0.25, -0.2) is 9.97 Å². The highest BCUT2D eigenvalue weighted by Gasteiger charge is 2.27. The van der Waals surface area contributed by atoms with Crippen LogP contribution in [-0.4, -0.2) is 93.0 Å². The second-order valence-corrected chi connectivity index (χ2v) is 9.31. The van der Waals surface area contributed by atoms with E-state index in [4.69, 9.17) is 19.4 Å². The van der Waals surface area contributed by atoms with E-state index in [-0.39, 0.29) is 12.6 Å². The van der Waals surface area contributed by atoms with E-state index in [1.165, 1.54) is 0 Å². The Balaban J connectivity index is 1.70. The fourth-order valence-corrected chi connectivity index (χ4v) is 4.68. The molecule has 0 bridgehead atoms. The highest BCUT2D eigenvalue weighted by Crippen LogP contribution is 2.33. The molecule has 4 rings (SSSR count). The molecule has 1 aromatic carbocycles. The van der Waals surface area contributed by atoms with Crippen LogP contribution in [0.5, 0.6) is 5.75 Å². The van der Waals surface area contributed by atoms with Crippen molar-refractivity contribution >= 4 is 17.9 Å². The molecule has 2 N–H and O–H groups in total. The fraction of sp³-hybridized carbons (Fsp3) is 0.577. The number of hydrogen-bond acceptors (Lipinski definition) is 9.